The minimum Gasteiger partial charge on any atom is -0.480 e. The van der Waals surface area contributed by atoms with Gasteiger partial charge in [-0.15, -0.1) is 5.10 Å². The summed E-state index contributed by atoms with van der Waals surface area (Å²) in [5, 5.41) is 21.5. The summed E-state index contributed by atoms with van der Waals surface area (Å²) >= 11 is 0. The summed E-state index contributed by atoms with van der Waals surface area (Å²) < 4.78 is 66.9. The number of carboxylic acids is 1. The van der Waals surface area contributed by atoms with E-state index in [2.05, 4.69) is 15.4 Å². The number of carboxylic acid groups (broad SMARTS) is 1. The molecule has 3 aromatic rings. The zero-order valence-corrected chi connectivity index (χ0v) is 21.9. The molecule has 0 bridgehead atoms. The fraction of sp³-hybridized carbons (Fsp3) is 0.417. The van der Waals surface area contributed by atoms with Crippen LogP contribution in [0.15, 0.2) is 54.6 Å². The Hall–Kier alpha value is -3.76. The van der Waals surface area contributed by atoms with Gasteiger partial charge in [0.2, 0.25) is 10.0 Å². The number of hydrogen-bond acceptors (Lipinski definition) is 9. The molecule has 2 aliphatic rings. The number of carbonyl (C=O) groups is 1. The molecule has 3 atom stereocenters. The van der Waals surface area contributed by atoms with Crippen LogP contribution in [0.3, 0.4) is 0 Å². The number of tetrazole rings is 1. The second kappa shape index (κ2) is 9.71. The summed E-state index contributed by atoms with van der Waals surface area (Å²) in [4.78, 5) is 15.5. The summed E-state index contributed by atoms with van der Waals surface area (Å²) in [6.45, 7) is 0.385. The number of alkyl halides is 3. The second-order valence-corrected chi connectivity index (χ2v) is 11.9. The van der Waals surface area contributed by atoms with Crippen molar-refractivity contribution in [3.63, 3.8) is 0 Å². The Morgan fingerprint density at radius 3 is 2.20 bits per heavy atom. The number of rotatable bonds is 8. The van der Waals surface area contributed by atoms with Crippen molar-refractivity contribution in [2.45, 2.75) is 29.4 Å². The van der Waals surface area contributed by atoms with Gasteiger partial charge >= 0.3 is 12.1 Å². The van der Waals surface area contributed by atoms with E-state index in [9.17, 15) is 31.5 Å². The molecule has 214 valence electrons. The Kier molecular flexibility index (Phi) is 6.74. The van der Waals surface area contributed by atoms with Crippen LogP contribution >= 0.6 is 0 Å². The first kappa shape index (κ1) is 27.8. The van der Waals surface area contributed by atoms with Crippen LogP contribution in [0.4, 0.5) is 24.8 Å². The first-order valence-electron chi connectivity index (χ1n) is 12.4. The lowest BCUT2D eigenvalue weighted by molar-refractivity contribution is -0.140. The molecule has 1 saturated carbocycles. The zero-order valence-electron chi connectivity index (χ0n) is 21.1. The summed E-state index contributed by atoms with van der Waals surface area (Å²) in [6, 6.07) is 12.7. The first-order valence-corrected chi connectivity index (χ1v) is 13.8. The highest BCUT2D eigenvalue weighted by Crippen LogP contribution is 2.67. The van der Waals surface area contributed by atoms with Gasteiger partial charge in [-0.25, -0.2) is 8.42 Å². The van der Waals surface area contributed by atoms with Crippen molar-refractivity contribution >= 4 is 27.6 Å². The van der Waals surface area contributed by atoms with Gasteiger partial charge in [0.15, 0.2) is 0 Å². The molecule has 2 aromatic carbocycles. The fourth-order valence-electron chi connectivity index (χ4n) is 5.80. The van der Waals surface area contributed by atoms with Crippen LogP contribution in [0, 0.1) is 5.92 Å². The third-order valence-electron chi connectivity index (χ3n) is 7.76. The molecule has 0 radical (unpaired) electrons. The standard InChI is InChI=1S/C24H27F3N8O4S/c25-24(26,27)17-6-8-18(9-7-17)33-12-14-34(15-13-33)40(38,39)23(16-4-2-1-3-5-16)19(22(23,29)20(36)37)10-11-35-31-21(28)30-32-35/h1-9,19H,10-15,29H2,(H2,28,31)(H,36,37). The van der Waals surface area contributed by atoms with Crippen LogP contribution < -0.4 is 16.4 Å². The second-order valence-electron chi connectivity index (χ2n) is 9.80. The van der Waals surface area contributed by atoms with E-state index in [4.69, 9.17) is 11.5 Å². The van der Waals surface area contributed by atoms with Gasteiger partial charge in [-0.2, -0.15) is 22.3 Å². The lowest BCUT2D eigenvalue weighted by Crippen LogP contribution is -2.55. The van der Waals surface area contributed by atoms with Crippen molar-refractivity contribution < 1.29 is 31.5 Å². The van der Waals surface area contributed by atoms with Crippen LogP contribution in [0.1, 0.15) is 17.5 Å². The predicted octanol–water partition coefficient (Wildman–Crippen LogP) is 1.12. The van der Waals surface area contributed by atoms with Crippen molar-refractivity contribution in [2.24, 2.45) is 11.7 Å². The number of anilines is 2. The molecule has 5 rings (SSSR count). The van der Waals surface area contributed by atoms with Crippen LogP contribution in [0.5, 0.6) is 0 Å². The molecule has 40 heavy (non-hydrogen) atoms. The van der Waals surface area contributed by atoms with Crippen LogP contribution in [0.2, 0.25) is 0 Å². The predicted molar refractivity (Wildman–Crippen MR) is 137 cm³/mol. The number of nitrogens with zero attached hydrogens (tertiary/aromatic N) is 6. The average molecular weight is 581 g/mol. The number of aryl methyl sites for hydroxylation is 1. The van der Waals surface area contributed by atoms with Gasteiger partial charge < -0.3 is 21.5 Å². The van der Waals surface area contributed by atoms with Crippen LogP contribution in [-0.2, 0) is 32.3 Å². The molecule has 5 N–H and O–H groups in total. The number of nitrogen functional groups attached to an aromatic ring is 1. The largest absolute Gasteiger partial charge is 0.480 e. The monoisotopic (exact) mass is 580 g/mol. The summed E-state index contributed by atoms with van der Waals surface area (Å²) in [5.74, 6) is -2.58. The molecule has 1 aliphatic heterocycles. The molecule has 0 spiro atoms. The van der Waals surface area contributed by atoms with Crippen LogP contribution in [-0.4, -0.2) is 75.7 Å². The van der Waals surface area contributed by atoms with Gasteiger partial charge in [0, 0.05) is 37.8 Å². The number of piperazine rings is 1. The highest BCUT2D eigenvalue weighted by Gasteiger charge is 2.86. The lowest BCUT2D eigenvalue weighted by Gasteiger charge is -2.38. The third-order valence-corrected chi connectivity index (χ3v) is 10.5. The van der Waals surface area contributed by atoms with Crippen molar-refractivity contribution in [1.82, 2.24) is 24.5 Å². The van der Waals surface area contributed by atoms with Crippen molar-refractivity contribution in [3.05, 3.63) is 65.7 Å². The van der Waals surface area contributed by atoms with E-state index in [0.29, 0.717) is 5.69 Å². The van der Waals surface area contributed by atoms with E-state index in [-0.39, 0.29) is 50.7 Å². The number of sulfonamides is 1. The number of benzene rings is 2. The summed E-state index contributed by atoms with van der Waals surface area (Å²) in [5.41, 5.74) is 9.83. The Balaban J connectivity index is 1.43. The smallest absolute Gasteiger partial charge is 0.416 e. The fourth-order valence-corrected chi connectivity index (χ4v) is 8.55. The van der Waals surface area contributed by atoms with Crippen molar-refractivity contribution in [3.8, 4) is 0 Å². The molecule has 1 aliphatic carbocycles. The molecule has 2 fully saturated rings. The maximum Gasteiger partial charge on any atom is 0.416 e. The van der Waals surface area contributed by atoms with Gasteiger partial charge in [0.05, 0.1) is 12.1 Å². The van der Waals surface area contributed by atoms with E-state index in [1.54, 1.807) is 35.2 Å². The average Bonchev–Trinajstić information content (AvgIpc) is 3.26. The van der Waals surface area contributed by atoms with Crippen molar-refractivity contribution in [1.29, 1.82) is 0 Å². The number of aliphatic carboxylic acids is 1. The SMILES string of the molecule is Nc1nnn(CCC2C(N)(C(=O)O)C2(c2ccccc2)S(=O)(=O)N2CCN(c3ccc(C(F)(F)F)cc3)CC2)n1. The van der Waals surface area contributed by atoms with Crippen molar-refractivity contribution in [2.75, 3.05) is 36.8 Å². The molecule has 0 amide bonds. The molecular formula is C24H27F3N8O4S. The van der Waals surface area contributed by atoms with E-state index in [0.717, 1.165) is 16.9 Å². The minimum atomic E-state index is -4.46. The first-order chi connectivity index (χ1) is 18.8. The molecular weight excluding hydrogens is 553 g/mol. The van der Waals surface area contributed by atoms with Crippen LogP contribution in [0.25, 0.3) is 0 Å². The van der Waals surface area contributed by atoms with E-state index < -0.39 is 43.9 Å². The Morgan fingerprint density at radius 2 is 1.68 bits per heavy atom. The quantitative estimate of drug-likeness (QED) is 0.350. The normalized spacial score (nSPS) is 25.6. The maximum absolute atomic E-state index is 14.4. The maximum atomic E-state index is 14.4. The Bertz CT molecular complexity index is 1490. The third kappa shape index (κ3) is 4.26. The van der Waals surface area contributed by atoms with E-state index in [1.807, 2.05) is 0 Å². The van der Waals surface area contributed by atoms with E-state index >= 15 is 0 Å². The molecule has 12 nitrogen and oxygen atoms in total. The lowest BCUT2D eigenvalue weighted by atomic mass is 10.1. The molecule has 2 heterocycles. The Morgan fingerprint density at radius 1 is 1.05 bits per heavy atom. The highest BCUT2D eigenvalue weighted by molar-refractivity contribution is 7.90. The van der Waals surface area contributed by atoms with E-state index in [1.165, 1.54) is 16.4 Å². The molecule has 1 saturated heterocycles. The van der Waals surface area contributed by atoms with Gasteiger partial charge in [0.1, 0.15) is 10.3 Å². The molecule has 16 heteroatoms. The number of nitrogens with two attached hydrogens (primary N) is 2. The van der Waals surface area contributed by atoms with Gasteiger partial charge in [-0.05, 0) is 41.5 Å². The van der Waals surface area contributed by atoms with Gasteiger partial charge in [-0.3, -0.25) is 4.79 Å². The molecule has 1 aromatic heterocycles. The molecule has 3 unspecified atom stereocenters. The highest BCUT2D eigenvalue weighted by atomic mass is 32.2. The number of halogens is 3. The number of hydrogen-bond donors (Lipinski definition) is 3. The Labute approximate surface area is 227 Å². The minimum absolute atomic E-state index is 0.0121. The summed E-state index contributed by atoms with van der Waals surface area (Å²) in [6.07, 6.45) is -4.45. The number of aromatic nitrogens is 4. The van der Waals surface area contributed by atoms with Gasteiger partial charge in [0.25, 0.3) is 5.95 Å². The summed E-state index contributed by atoms with van der Waals surface area (Å²) in [7, 11) is -4.37. The van der Waals surface area contributed by atoms with Gasteiger partial charge in [-0.1, -0.05) is 35.4 Å². The topological polar surface area (TPSA) is 174 Å². The zero-order chi connectivity index (χ0) is 28.9.